The molecule has 0 unspecified atom stereocenters. The number of nitrogens with one attached hydrogen (secondary N) is 1. The molecular formula is C19H20ClFN2O3S. The molecule has 1 aliphatic heterocycles. The van der Waals surface area contributed by atoms with E-state index in [4.69, 9.17) is 11.6 Å². The zero-order valence-corrected chi connectivity index (χ0v) is 16.2. The molecule has 1 saturated heterocycles. The fourth-order valence-electron chi connectivity index (χ4n) is 3.09. The molecule has 2 aromatic carbocycles. The second-order valence-corrected chi connectivity index (χ2v) is 8.72. The second kappa shape index (κ2) is 8.37. The molecule has 0 atom stereocenters. The molecular weight excluding hydrogens is 391 g/mol. The van der Waals surface area contributed by atoms with Crippen LogP contribution < -0.4 is 5.32 Å². The SMILES string of the molecule is O=C(NCc1ccccc1S(=O)(=O)N1CCCCC1)c1ccc(Cl)cc1F. The molecule has 3 rings (SSSR count). The van der Waals surface area contributed by atoms with Crippen LogP contribution >= 0.6 is 11.6 Å². The first kappa shape index (κ1) is 19.8. The van der Waals surface area contributed by atoms with Gasteiger partial charge in [-0.15, -0.1) is 0 Å². The van der Waals surface area contributed by atoms with Crippen LogP contribution in [0.25, 0.3) is 0 Å². The average Bonchev–Trinajstić information content (AvgIpc) is 2.67. The van der Waals surface area contributed by atoms with Crippen molar-refractivity contribution in [2.24, 2.45) is 0 Å². The van der Waals surface area contributed by atoms with Gasteiger partial charge in [0, 0.05) is 24.7 Å². The molecule has 144 valence electrons. The Morgan fingerprint density at radius 2 is 1.81 bits per heavy atom. The Bertz CT molecular complexity index is 944. The highest BCUT2D eigenvalue weighted by atomic mass is 35.5. The summed E-state index contributed by atoms with van der Waals surface area (Å²) in [6.45, 7) is 0.974. The number of hydrogen-bond donors (Lipinski definition) is 1. The fraction of sp³-hybridized carbons (Fsp3) is 0.316. The molecule has 1 heterocycles. The Morgan fingerprint density at radius 3 is 2.52 bits per heavy atom. The number of piperidine rings is 1. The molecule has 1 fully saturated rings. The van der Waals surface area contributed by atoms with Crippen LogP contribution in [0.1, 0.15) is 35.2 Å². The molecule has 1 N–H and O–H groups in total. The van der Waals surface area contributed by atoms with Gasteiger partial charge in [-0.1, -0.05) is 36.2 Å². The zero-order chi connectivity index (χ0) is 19.4. The van der Waals surface area contributed by atoms with Crippen molar-refractivity contribution >= 4 is 27.5 Å². The van der Waals surface area contributed by atoms with E-state index in [1.165, 1.54) is 22.5 Å². The van der Waals surface area contributed by atoms with Crippen molar-refractivity contribution in [2.45, 2.75) is 30.7 Å². The van der Waals surface area contributed by atoms with Gasteiger partial charge < -0.3 is 5.32 Å². The van der Waals surface area contributed by atoms with Crippen LogP contribution in [0.15, 0.2) is 47.4 Å². The summed E-state index contributed by atoms with van der Waals surface area (Å²) in [7, 11) is -3.63. The van der Waals surface area contributed by atoms with Crippen molar-refractivity contribution in [1.82, 2.24) is 9.62 Å². The number of carbonyl (C=O) groups is 1. The molecule has 1 aliphatic rings. The van der Waals surface area contributed by atoms with E-state index in [-0.39, 0.29) is 22.0 Å². The van der Waals surface area contributed by atoms with Crippen LogP contribution in [0.2, 0.25) is 5.02 Å². The summed E-state index contributed by atoms with van der Waals surface area (Å²) in [6.07, 6.45) is 2.71. The van der Waals surface area contributed by atoms with Crippen LogP contribution in [-0.2, 0) is 16.6 Å². The first-order chi connectivity index (χ1) is 12.9. The lowest BCUT2D eigenvalue weighted by molar-refractivity contribution is 0.0946. The van der Waals surface area contributed by atoms with Gasteiger partial charge in [0.15, 0.2) is 0 Å². The fourth-order valence-corrected chi connectivity index (χ4v) is 4.99. The number of benzene rings is 2. The molecule has 5 nitrogen and oxygen atoms in total. The smallest absolute Gasteiger partial charge is 0.254 e. The predicted octanol–water partition coefficient (Wildman–Crippen LogP) is 3.58. The number of rotatable bonds is 5. The third-order valence-electron chi connectivity index (χ3n) is 4.52. The Kier molecular flexibility index (Phi) is 6.14. The highest BCUT2D eigenvalue weighted by Gasteiger charge is 2.28. The van der Waals surface area contributed by atoms with Crippen LogP contribution in [0, 0.1) is 5.82 Å². The summed E-state index contributed by atoms with van der Waals surface area (Å²) in [5, 5.41) is 2.78. The van der Waals surface area contributed by atoms with Gasteiger partial charge >= 0.3 is 0 Å². The number of carbonyl (C=O) groups excluding carboxylic acids is 1. The highest BCUT2D eigenvalue weighted by Crippen LogP contribution is 2.23. The molecule has 8 heteroatoms. The summed E-state index contributed by atoms with van der Waals surface area (Å²) in [5.41, 5.74) is 0.321. The Balaban J connectivity index is 1.79. The van der Waals surface area contributed by atoms with Gasteiger partial charge in [0.25, 0.3) is 5.91 Å². The monoisotopic (exact) mass is 410 g/mol. The van der Waals surface area contributed by atoms with Gasteiger partial charge in [-0.3, -0.25) is 4.79 Å². The minimum Gasteiger partial charge on any atom is -0.348 e. The molecule has 27 heavy (non-hydrogen) atoms. The molecule has 0 radical (unpaired) electrons. The van der Waals surface area contributed by atoms with Gasteiger partial charge in [-0.05, 0) is 42.7 Å². The van der Waals surface area contributed by atoms with Gasteiger partial charge in [-0.2, -0.15) is 4.31 Å². The van der Waals surface area contributed by atoms with Crippen molar-refractivity contribution < 1.29 is 17.6 Å². The lowest BCUT2D eigenvalue weighted by atomic mass is 10.2. The number of hydrogen-bond acceptors (Lipinski definition) is 3. The first-order valence-corrected chi connectivity index (χ1v) is 10.5. The highest BCUT2D eigenvalue weighted by molar-refractivity contribution is 7.89. The summed E-state index contributed by atoms with van der Waals surface area (Å²) in [5.74, 6) is -1.36. The summed E-state index contributed by atoms with van der Waals surface area (Å²) < 4.78 is 41.3. The molecule has 1 amide bonds. The minimum absolute atomic E-state index is 0.0237. The van der Waals surface area contributed by atoms with Crippen molar-refractivity contribution in [1.29, 1.82) is 0 Å². The predicted molar refractivity (Wildman–Crippen MR) is 102 cm³/mol. The van der Waals surface area contributed by atoms with E-state index in [2.05, 4.69) is 5.32 Å². The quantitative estimate of drug-likeness (QED) is 0.819. The maximum absolute atomic E-state index is 13.9. The number of sulfonamides is 1. The maximum atomic E-state index is 13.9. The van der Waals surface area contributed by atoms with E-state index in [1.807, 2.05) is 0 Å². The molecule has 0 saturated carbocycles. The van der Waals surface area contributed by atoms with Crippen molar-refractivity contribution in [3.05, 3.63) is 64.4 Å². The standard InChI is InChI=1S/C19H20ClFN2O3S/c20-15-8-9-16(17(21)12-15)19(24)22-13-14-6-2-3-7-18(14)27(25,26)23-10-4-1-5-11-23/h2-3,6-9,12H,1,4-5,10-11,13H2,(H,22,24). The second-order valence-electron chi connectivity index (χ2n) is 6.38. The molecule has 2 aromatic rings. The zero-order valence-electron chi connectivity index (χ0n) is 14.6. The molecule has 0 bridgehead atoms. The number of amides is 1. The third-order valence-corrected chi connectivity index (χ3v) is 6.75. The lowest BCUT2D eigenvalue weighted by Gasteiger charge is -2.26. The normalized spacial score (nSPS) is 15.5. The molecule has 0 aromatic heterocycles. The Hall–Kier alpha value is -1.96. The maximum Gasteiger partial charge on any atom is 0.254 e. The third kappa shape index (κ3) is 4.48. The van der Waals surface area contributed by atoms with Crippen LogP contribution in [0.4, 0.5) is 4.39 Å². The number of nitrogens with zero attached hydrogens (tertiary/aromatic N) is 1. The molecule has 0 spiro atoms. The summed E-state index contributed by atoms with van der Waals surface area (Å²) >= 11 is 5.70. The van der Waals surface area contributed by atoms with Gasteiger partial charge in [0.2, 0.25) is 10.0 Å². The van der Waals surface area contributed by atoms with E-state index >= 15 is 0 Å². The topological polar surface area (TPSA) is 66.5 Å². The Labute approximate surface area is 163 Å². The average molecular weight is 411 g/mol. The van der Waals surface area contributed by atoms with Crippen LogP contribution in [0.3, 0.4) is 0 Å². The Morgan fingerprint density at radius 1 is 1.11 bits per heavy atom. The van der Waals surface area contributed by atoms with Crippen LogP contribution in [0.5, 0.6) is 0 Å². The van der Waals surface area contributed by atoms with E-state index in [0.717, 1.165) is 25.3 Å². The van der Waals surface area contributed by atoms with E-state index in [1.54, 1.807) is 18.2 Å². The summed E-state index contributed by atoms with van der Waals surface area (Å²) in [4.78, 5) is 12.4. The largest absolute Gasteiger partial charge is 0.348 e. The van der Waals surface area contributed by atoms with Crippen molar-refractivity contribution in [2.75, 3.05) is 13.1 Å². The van der Waals surface area contributed by atoms with Crippen molar-refractivity contribution in [3.8, 4) is 0 Å². The number of halogens is 2. The van der Waals surface area contributed by atoms with Crippen LogP contribution in [-0.4, -0.2) is 31.7 Å². The lowest BCUT2D eigenvalue weighted by Crippen LogP contribution is -2.36. The van der Waals surface area contributed by atoms with E-state index in [0.29, 0.717) is 18.7 Å². The van der Waals surface area contributed by atoms with E-state index in [9.17, 15) is 17.6 Å². The van der Waals surface area contributed by atoms with E-state index < -0.39 is 21.7 Å². The van der Waals surface area contributed by atoms with Crippen molar-refractivity contribution in [3.63, 3.8) is 0 Å². The van der Waals surface area contributed by atoms with Gasteiger partial charge in [0.1, 0.15) is 5.82 Å². The molecule has 0 aliphatic carbocycles. The summed E-state index contributed by atoms with van der Waals surface area (Å²) in [6, 6.07) is 10.3. The minimum atomic E-state index is -3.63. The van der Waals surface area contributed by atoms with Gasteiger partial charge in [-0.25, -0.2) is 12.8 Å². The van der Waals surface area contributed by atoms with Gasteiger partial charge in [0.05, 0.1) is 10.5 Å². The first-order valence-electron chi connectivity index (χ1n) is 8.71.